The minimum atomic E-state index is 0.557. The fourth-order valence-electron chi connectivity index (χ4n) is 2.90. The molecule has 3 rings (SSSR count). The van der Waals surface area contributed by atoms with E-state index in [1.807, 2.05) is 6.08 Å². The average Bonchev–Trinajstić information content (AvgIpc) is 2.71. The molecular formula is C17H16. The lowest BCUT2D eigenvalue weighted by Gasteiger charge is -2.10. The van der Waals surface area contributed by atoms with Gasteiger partial charge in [-0.3, -0.25) is 0 Å². The fourth-order valence-corrected chi connectivity index (χ4v) is 2.90. The van der Waals surface area contributed by atoms with Gasteiger partial charge >= 0.3 is 0 Å². The van der Waals surface area contributed by atoms with E-state index in [1.54, 1.807) is 0 Å². The normalized spacial score (nSPS) is 16.4. The first-order valence-electron chi connectivity index (χ1n) is 6.21. The van der Waals surface area contributed by atoms with Crippen LogP contribution in [0.3, 0.4) is 0 Å². The quantitative estimate of drug-likeness (QED) is 0.678. The molecule has 0 heterocycles. The number of hydrogen-bond acceptors (Lipinski definition) is 0. The molecule has 0 saturated heterocycles. The molecule has 2 aromatic rings. The third-order valence-corrected chi connectivity index (χ3v) is 3.72. The van der Waals surface area contributed by atoms with E-state index < -0.39 is 0 Å². The van der Waals surface area contributed by atoms with E-state index in [0.717, 1.165) is 6.42 Å². The lowest BCUT2D eigenvalue weighted by Crippen LogP contribution is -1.94. The van der Waals surface area contributed by atoms with Crippen molar-refractivity contribution in [1.82, 2.24) is 0 Å². The zero-order valence-corrected chi connectivity index (χ0v) is 10.1. The monoisotopic (exact) mass is 220 g/mol. The summed E-state index contributed by atoms with van der Waals surface area (Å²) >= 11 is 0. The van der Waals surface area contributed by atoms with Gasteiger partial charge in [-0.25, -0.2) is 0 Å². The van der Waals surface area contributed by atoms with E-state index in [-0.39, 0.29) is 0 Å². The van der Waals surface area contributed by atoms with Crippen molar-refractivity contribution < 1.29 is 0 Å². The highest BCUT2D eigenvalue weighted by molar-refractivity contribution is 5.80. The highest BCUT2D eigenvalue weighted by Crippen LogP contribution is 2.46. The van der Waals surface area contributed by atoms with Crippen LogP contribution in [0, 0.1) is 0 Å². The molecule has 84 valence electrons. The summed E-state index contributed by atoms with van der Waals surface area (Å²) in [6.07, 6.45) is 3.08. The lowest BCUT2D eigenvalue weighted by atomic mass is 9.93. The van der Waals surface area contributed by atoms with Gasteiger partial charge in [0.05, 0.1) is 0 Å². The Kier molecular flexibility index (Phi) is 2.36. The van der Waals surface area contributed by atoms with Crippen molar-refractivity contribution in [2.24, 2.45) is 0 Å². The molecule has 0 amide bonds. The molecule has 0 bridgehead atoms. The summed E-state index contributed by atoms with van der Waals surface area (Å²) in [7, 11) is 0. The van der Waals surface area contributed by atoms with E-state index in [4.69, 9.17) is 0 Å². The maximum atomic E-state index is 3.86. The van der Waals surface area contributed by atoms with Crippen LogP contribution in [0.5, 0.6) is 0 Å². The van der Waals surface area contributed by atoms with Crippen molar-refractivity contribution in [3.05, 3.63) is 65.7 Å². The summed E-state index contributed by atoms with van der Waals surface area (Å²) in [6.45, 7) is 6.12. The van der Waals surface area contributed by atoms with E-state index in [1.165, 1.54) is 27.8 Å². The molecule has 1 aliphatic carbocycles. The van der Waals surface area contributed by atoms with E-state index in [2.05, 4.69) is 56.0 Å². The van der Waals surface area contributed by atoms with Gasteiger partial charge in [-0.15, -0.1) is 0 Å². The molecule has 0 radical (unpaired) electrons. The number of rotatable bonds is 2. The van der Waals surface area contributed by atoms with Crippen molar-refractivity contribution in [2.45, 2.75) is 19.3 Å². The Hall–Kier alpha value is -1.82. The molecule has 1 aliphatic rings. The largest absolute Gasteiger partial charge is 0.0985 e. The molecule has 0 heteroatoms. The van der Waals surface area contributed by atoms with Crippen LogP contribution in [-0.2, 0) is 0 Å². The molecule has 0 N–H and O–H groups in total. The van der Waals surface area contributed by atoms with Crippen LogP contribution in [0.4, 0.5) is 0 Å². The summed E-state index contributed by atoms with van der Waals surface area (Å²) in [5, 5.41) is 0. The minimum Gasteiger partial charge on any atom is -0.0985 e. The van der Waals surface area contributed by atoms with Gasteiger partial charge in [-0.1, -0.05) is 62.0 Å². The Labute approximate surface area is 103 Å². The van der Waals surface area contributed by atoms with Gasteiger partial charge in [0, 0.05) is 5.92 Å². The molecule has 17 heavy (non-hydrogen) atoms. The first-order valence-corrected chi connectivity index (χ1v) is 6.21. The van der Waals surface area contributed by atoms with Gasteiger partial charge in [-0.05, 0) is 34.2 Å². The molecule has 1 unspecified atom stereocenters. The molecule has 0 spiro atoms. The Morgan fingerprint density at radius 1 is 1.06 bits per heavy atom. The molecule has 1 atom stereocenters. The third kappa shape index (κ3) is 1.44. The summed E-state index contributed by atoms with van der Waals surface area (Å²) in [4.78, 5) is 0. The second-order valence-electron chi connectivity index (χ2n) is 4.60. The molecule has 0 saturated carbocycles. The maximum Gasteiger partial charge on any atom is 0.00992 e. The summed E-state index contributed by atoms with van der Waals surface area (Å²) in [5.41, 5.74) is 6.97. The van der Waals surface area contributed by atoms with Crippen LogP contribution in [0.2, 0.25) is 0 Å². The third-order valence-electron chi connectivity index (χ3n) is 3.72. The van der Waals surface area contributed by atoms with E-state index in [9.17, 15) is 0 Å². The molecule has 0 aromatic heterocycles. The van der Waals surface area contributed by atoms with Crippen LogP contribution in [0.25, 0.3) is 17.2 Å². The second kappa shape index (κ2) is 3.89. The van der Waals surface area contributed by atoms with Gasteiger partial charge < -0.3 is 0 Å². The summed E-state index contributed by atoms with van der Waals surface area (Å²) < 4.78 is 0. The number of fused-ring (bicyclic) bond motifs is 3. The average molecular weight is 220 g/mol. The summed E-state index contributed by atoms with van der Waals surface area (Å²) in [6, 6.07) is 15.4. The molecule has 0 aliphatic heterocycles. The van der Waals surface area contributed by atoms with Crippen LogP contribution in [0.15, 0.2) is 49.0 Å². The van der Waals surface area contributed by atoms with Crippen molar-refractivity contribution in [3.63, 3.8) is 0 Å². The van der Waals surface area contributed by atoms with Gasteiger partial charge in [0.2, 0.25) is 0 Å². The first kappa shape index (κ1) is 10.3. The van der Waals surface area contributed by atoms with Crippen LogP contribution >= 0.6 is 0 Å². The van der Waals surface area contributed by atoms with Crippen LogP contribution in [0.1, 0.15) is 36.0 Å². The number of benzene rings is 2. The highest BCUT2D eigenvalue weighted by atomic mass is 14.3. The second-order valence-corrected chi connectivity index (χ2v) is 4.60. The predicted molar refractivity (Wildman–Crippen MR) is 74.1 cm³/mol. The summed E-state index contributed by atoms with van der Waals surface area (Å²) in [5.74, 6) is 0.557. The Bertz CT molecular complexity index is 578. The molecule has 0 nitrogen and oxygen atoms in total. The Morgan fingerprint density at radius 3 is 2.59 bits per heavy atom. The smallest absolute Gasteiger partial charge is 0.00992 e. The van der Waals surface area contributed by atoms with Gasteiger partial charge in [-0.2, -0.15) is 0 Å². The number of hydrogen-bond donors (Lipinski definition) is 0. The topological polar surface area (TPSA) is 0 Å². The Balaban J connectivity index is 2.27. The standard InChI is InChI=1S/C17H16/c1-3-12-9-10-16-15-8-6-5-7-14(15)13(4-2)17(16)11-12/h3,5-11,13H,1,4H2,2H3. The van der Waals surface area contributed by atoms with Crippen molar-refractivity contribution in [2.75, 3.05) is 0 Å². The first-order chi connectivity index (χ1) is 8.35. The van der Waals surface area contributed by atoms with Gasteiger partial charge in [0.15, 0.2) is 0 Å². The predicted octanol–water partition coefficient (Wildman–Crippen LogP) is 4.85. The Morgan fingerprint density at radius 2 is 1.82 bits per heavy atom. The van der Waals surface area contributed by atoms with E-state index in [0.29, 0.717) is 5.92 Å². The molecular weight excluding hydrogens is 204 g/mol. The van der Waals surface area contributed by atoms with Crippen molar-refractivity contribution in [3.8, 4) is 11.1 Å². The minimum absolute atomic E-state index is 0.557. The maximum absolute atomic E-state index is 3.86. The van der Waals surface area contributed by atoms with Gasteiger partial charge in [0.25, 0.3) is 0 Å². The molecule has 0 fully saturated rings. The zero-order chi connectivity index (χ0) is 11.8. The van der Waals surface area contributed by atoms with Gasteiger partial charge in [0.1, 0.15) is 0 Å². The van der Waals surface area contributed by atoms with Crippen molar-refractivity contribution in [1.29, 1.82) is 0 Å². The highest BCUT2D eigenvalue weighted by Gasteiger charge is 2.26. The van der Waals surface area contributed by atoms with Crippen LogP contribution in [-0.4, -0.2) is 0 Å². The van der Waals surface area contributed by atoms with Crippen LogP contribution < -0.4 is 0 Å². The SMILES string of the molecule is C=Cc1ccc2c(c1)C(CC)c1ccccc1-2. The van der Waals surface area contributed by atoms with E-state index >= 15 is 0 Å². The fraction of sp³-hybridized carbons (Fsp3) is 0.176. The zero-order valence-electron chi connectivity index (χ0n) is 10.1. The lowest BCUT2D eigenvalue weighted by molar-refractivity contribution is 0.797. The molecule has 2 aromatic carbocycles. The van der Waals surface area contributed by atoms with Crippen molar-refractivity contribution >= 4 is 6.08 Å².